The zero-order chi connectivity index (χ0) is 17.5. The van der Waals surface area contributed by atoms with Crippen LogP contribution < -0.4 is 10.1 Å². The van der Waals surface area contributed by atoms with Crippen LogP contribution in [0.5, 0.6) is 5.75 Å². The van der Waals surface area contributed by atoms with Crippen molar-refractivity contribution in [2.45, 2.75) is 38.6 Å². The third kappa shape index (κ3) is 4.71. The minimum atomic E-state index is -1.07. The van der Waals surface area contributed by atoms with E-state index >= 15 is 0 Å². The topological polar surface area (TPSA) is 95.9 Å². The molecule has 2 amide bonds. The number of piperidine rings is 1. The molecule has 1 fully saturated rings. The lowest BCUT2D eigenvalue weighted by Gasteiger charge is -2.34. The van der Waals surface area contributed by atoms with Gasteiger partial charge in [-0.3, -0.25) is 9.59 Å². The van der Waals surface area contributed by atoms with Crippen molar-refractivity contribution in [2.75, 3.05) is 18.5 Å². The van der Waals surface area contributed by atoms with Gasteiger partial charge in [0.25, 0.3) is 0 Å². The van der Waals surface area contributed by atoms with Crippen molar-refractivity contribution in [3.63, 3.8) is 0 Å². The zero-order valence-corrected chi connectivity index (χ0v) is 13.7. The smallest absolute Gasteiger partial charge is 0.341 e. The molecule has 130 valence electrons. The van der Waals surface area contributed by atoms with Crippen molar-refractivity contribution in [1.82, 2.24) is 4.90 Å². The Hall–Kier alpha value is -2.57. The first-order valence-electron chi connectivity index (χ1n) is 8.06. The number of ether oxygens (including phenoxy) is 1. The second kappa shape index (κ2) is 8.33. The van der Waals surface area contributed by atoms with Crippen LogP contribution in [0.2, 0.25) is 0 Å². The van der Waals surface area contributed by atoms with Crippen LogP contribution in [0.3, 0.4) is 0 Å². The first kappa shape index (κ1) is 17.8. The Morgan fingerprint density at radius 2 is 2.12 bits per heavy atom. The largest absolute Gasteiger partial charge is 0.482 e. The summed E-state index contributed by atoms with van der Waals surface area (Å²) in [6.45, 7) is 1.94. The molecule has 1 unspecified atom stereocenters. The number of likely N-dealkylation sites (tertiary alicyclic amines) is 1. The zero-order valence-electron chi connectivity index (χ0n) is 13.7. The number of carboxylic acid groups (broad SMARTS) is 1. The van der Waals surface area contributed by atoms with E-state index in [0.29, 0.717) is 30.8 Å². The number of nitrogens with one attached hydrogen (secondary N) is 1. The minimum absolute atomic E-state index is 0.0200. The van der Waals surface area contributed by atoms with Gasteiger partial charge >= 0.3 is 5.97 Å². The molecule has 2 rings (SSSR count). The lowest BCUT2D eigenvalue weighted by atomic mass is 10.0. The summed E-state index contributed by atoms with van der Waals surface area (Å²) in [4.78, 5) is 36.7. The van der Waals surface area contributed by atoms with Gasteiger partial charge in [-0.25, -0.2) is 4.79 Å². The van der Waals surface area contributed by atoms with E-state index in [1.165, 1.54) is 0 Å². The van der Waals surface area contributed by atoms with E-state index in [4.69, 9.17) is 9.84 Å². The van der Waals surface area contributed by atoms with Gasteiger partial charge in [-0.15, -0.1) is 0 Å². The van der Waals surface area contributed by atoms with Crippen LogP contribution in [0.15, 0.2) is 24.3 Å². The molecule has 0 saturated carbocycles. The Kier molecular flexibility index (Phi) is 6.17. The quantitative estimate of drug-likeness (QED) is 0.828. The number of benzene rings is 1. The summed E-state index contributed by atoms with van der Waals surface area (Å²) in [5.41, 5.74) is 0.511. The summed E-state index contributed by atoms with van der Waals surface area (Å²) in [5, 5.41) is 11.4. The number of hydrogen-bond acceptors (Lipinski definition) is 4. The number of hydrogen-bond donors (Lipinski definition) is 2. The van der Waals surface area contributed by atoms with E-state index in [-0.39, 0.29) is 11.8 Å². The van der Waals surface area contributed by atoms with Crippen LogP contribution in [0, 0.1) is 0 Å². The van der Waals surface area contributed by atoms with Crippen LogP contribution in [0.4, 0.5) is 5.69 Å². The first-order chi connectivity index (χ1) is 11.5. The maximum Gasteiger partial charge on any atom is 0.341 e. The van der Waals surface area contributed by atoms with Crippen LogP contribution in [0.1, 0.15) is 32.6 Å². The lowest BCUT2D eigenvalue weighted by molar-refractivity contribution is -0.140. The Morgan fingerprint density at radius 1 is 1.33 bits per heavy atom. The molecule has 0 radical (unpaired) electrons. The predicted octanol–water partition coefficient (Wildman–Crippen LogP) is 1.88. The van der Waals surface area contributed by atoms with Crippen molar-refractivity contribution in [2.24, 2.45) is 0 Å². The molecule has 1 heterocycles. The maximum atomic E-state index is 12.5. The fourth-order valence-corrected chi connectivity index (χ4v) is 2.74. The number of aliphatic carboxylic acids is 1. The highest BCUT2D eigenvalue weighted by Crippen LogP contribution is 2.22. The van der Waals surface area contributed by atoms with E-state index in [2.05, 4.69) is 5.32 Å². The Balaban J connectivity index is 2.03. The highest BCUT2D eigenvalue weighted by atomic mass is 16.5. The van der Waals surface area contributed by atoms with Crippen molar-refractivity contribution >= 4 is 23.5 Å². The number of carbonyl (C=O) groups is 3. The molecule has 0 spiro atoms. The van der Waals surface area contributed by atoms with Crippen LogP contribution in [0.25, 0.3) is 0 Å². The van der Waals surface area contributed by atoms with E-state index in [1.807, 2.05) is 0 Å². The normalized spacial score (nSPS) is 17.2. The van der Waals surface area contributed by atoms with E-state index in [9.17, 15) is 14.4 Å². The monoisotopic (exact) mass is 334 g/mol. The second-order valence-corrected chi connectivity index (χ2v) is 5.65. The van der Waals surface area contributed by atoms with Gasteiger partial charge in [0.1, 0.15) is 11.8 Å². The highest BCUT2D eigenvalue weighted by molar-refractivity contribution is 5.97. The third-order valence-corrected chi connectivity index (χ3v) is 3.89. The number of rotatable bonds is 6. The average Bonchev–Trinajstić information content (AvgIpc) is 2.59. The molecular formula is C17H22N2O5. The Labute approximate surface area is 140 Å². The van der Waals surface area contributed by atoms with Gasteiger partial charge in [0.05, 0.1) is 0 Å². The maximum absolute atomic E-state index is 12.5. The van der Waals surface area contributed by atoms with Gasteiger partial charge < -0.3 is 20.1 Å². The van der Waals surface area contributed by atoms with Crippen molar-refractivity contribution in [3.8, 4) is 5.75 Å². The first-order valence-corrected chi connectivity index (χ1v) is 8.06. The molecule has 0 aromatic heterocycles. The van der Waals surface area contributed by atoms with Gasteiger partial charge in [0.15, 0.2) is 6.61 Å². The predicted molar refractivity (Wildman–Crippen MR) is 87.8 cm³/mol. The molecule has 1 aromatic rings. The third-order valence-electron chi connectivity index (χ3n) is 3.89. The van der Waals surface area contributed by atoms with Crippen molar-refractivity contribution in [1.29, 1.82) is 0 Å². The summed E-state index contributed by atoms with van der Waals surface area (Å²) >= 11 is 0. The molecule has 7 nitrogen and oxygen atoms in total. The molecule has 1 aliphatic rings. The molecule has 1 aromatic carbocycles. The van der Waals surface area contributed by atoms with Gasteiger partial charge in [0.2, 0.25) is 11.8 Å². The van der Waals surface area contributed by atoms with Gasteiger partial charge in [-0.1, -0.05) is 13.0 Å². The number of carboxylic acids is 1. The van der Waals surface area contributed by atoms with E-state index < -0.39 is 18.6 Å². The molecule has 7 heteroatoms. The Bertz CT molecular complexity index is 617. The highest BCUT2D eigenvalue weighted by Gasteiger charge is 2.31. The number of anilines is 1. The molecule has 0 bridgehead atoms. The van der Waals surface area contributed by atoms with Gasteiger partial charge in [-0.2, -0.15) is 0 Å². The molecule has 2 N–H and O–H groups in total. The summed E-state index contributed by atoms with van der Waals surface area (Å²) in [6, 6.07) is 6.08. The number of amides is 2. The van der Waals surface area contributed by atoms with Gasteiger partial charge in [-0.05, 0) is 31.4 Å². The Morgan fingerprint density at radius 3 is 2.83 bits per heavy atom. The van der Waals surface area contributed by atoms with Crippen LogP contribution in [-0.4, -0.2) is 47.0 Å². The molecular weight excluding hydrogens is 312 g/mol. The van der Waals surface area contributed by atoms with Crippen LogP contribution >= 0.6 is 0 Å². The average molecular weight is 334 g/mol. The van der Waals surface area contributed by atoms with Crippen LogP contribution in [-0.2, 0) is 14.4 Å². The fraction of sp³-hybridized carbons (Fsp3) is 0.471. The number of nitrogens with zero attached hydrogens (tertiary/aromatic N) is 1. The van der Waals surface area contributed by atoms with Gasteiger partial charge in [0, 0.05) is 24.7 Å². The van der Waals surface area contributed by atoms with Crippen molar-refractivity contribution in [3.05, 3.63) is 24.3 Å². The van der Waals surface area contributed by atoms with E-state index in [1.54, 1.807) is 36.1 Å². The molecule has 0 aliphatic carbocycles. The summed E-state index contributed by atoms with van der Waals surface area (Å²) < 4.78 is 5.10. The second-order valence-electron chi connectivity index (χ2n) is 5.65. The fourth-order valence-electron chi connectivity index (χ4n) is 2.74. The molecule has 1 aliphatic heterocycles. The summed E-state index contributed by atoms with van der Waals surface area (Å²) in [6.07, 6.45) is 2.84. The lowest BCUT2D eigenvalue weighted by Crippen LogP contribution is -2.49. The SMILES string of the molecule is CCC(=O)N1CCCCC1C(=O)Nc1cccc(OCC(=O)O)c1. The summed E-state index contributed by atoms with van der Waals surface area (Å²) in [7, 11) is 0. The number of carbonyl (C=O) groups excluding carboxylic acids is 2. The van der Waals surface area contributed by atoms with E-state index in [0.717, 1.165) is 12.8 Å². The minimum Gasteiger partial charge on any atom is -0.482 e. The standard InChI is InChI=1S/C17H22N2O5/c1-2-15(20)19-9-4-3-8-14(19)17(23)18-12-6-5-7-13(10-12)24-11-16(21)22/h5-7,10,14H,2-4,8-9,11H2,1H3,(H,18,23)(H,21,22). The molecule has 24 heavy (non-hydrogen) atoms. The molecule has 1 atom stereocenters. The summed E-state index contributed by atoms with van der Waals surface area (Å²) in [5.74, 6) is -0.957. The molecule has 1 saturated heterocycles. The van der Waals surface area contributed by atoms with Crippen molar-refractivity contribution < 1.29 is 24.2 Å².